The monoisotopic (exact) mass is 298 g/mol. The first-order valence-electron chi connectivity index (χ1n) is 8.04. The summed E-state index contributed by atoms with van der Waals surface area (Å²) in [6.45, 7) is 4.04. The molecule has 0 amide bonds. The van der Waals surface area contributed by atoms with Crippen molar-refractivity contribution in [3.05, 3.63) is 35.9 Å². The van der Waals surface area contributed by atoms with Crippen molar-refractivity contribution in [3.63, 3.8) is 0 Å². The van der Waals surface area contributed by atoms with Gasteiger partial charge in [-0.3, -0.25) is 4.90 Å². The Morgan fingerprint density at radius 1 is 1.27 bits per heavy atom. The van der Waals surface area contributed by atoms with E-state index in [9.17, 15) is 0 Å². The van der Waals surface area contributed by atoms with Crippen LogP contribution in [0.1, 0.15) is 30.9 Å². The van der Waals surface area contributed by atoms with Gasteiger partial charge in [0.1, 0.15) is 23.1 Å². The maximum absolute atomic E-state index is 5.48. The number of piperidine rings is 1. The second-order valence-electron chi connectivity index (χ2n) is 6.42. The van der Waals surface area contributed by atoms with Crippen molar-refractivity contribution in [2.45, 2.75) is 38.8 Å². The molecular weight excluding hydrogens is 276 g/mol. The Morgan fingerprint density at radius 3 is 2.86 bits per heavy atom. The molecule has 4 rings (SSSR count). The van der Waals surface area contributed by atoms with Crippen LogP contribution in [0.15, 0.2) is 24.3 Å². The third-order valence-corrected chi connectivity index (χ3v) is 4.96. The number of aryl methyl sites for hydroxylation is 1. The van der Waals surface area contributed by atoms with Crippen LogP contribution in [0.5, 0.6) is 5.75 Å². The highest BCUT2D eigenvalue weighted by molar-refractivity contribution is 5.46. The second kappa shape index (κ2) is 5.39. The number of aromatic nitrogens is 3. The standard InChI is InChI=1S/C17H22N4O/c1-12-18-17(11-20-10-13-7-8-14(20)9-13)21(19-12)15-5-3-4-6-16(15)22-2/h3-6,13-14H,7-11H2,1-2H3/t13-,14-/m0/s1. The van der Waals surface area contributed by atoms with Gasteiger partial charge >= 0.3 is 0 Å². The van der Waals surface area contributed by atoms with Gasteiger partial charge in [0.05, 0.1) is 13.7 Å². The van der Waals surface area contributed by atoms with Gasteiger partial charge in [-0.2, -0.15) is 5.10 Å². The van der Waals surface area contributed by atoms with E-state index in [1.54, 1.807) is 7.11 Å². The number of hydrogen-bond acceptors (Lipinski definition) is 4. The van der Waals surface area contributed by atoms with Gasteiger partial charge in [0.15, 0.2) is 0 Å². The van der Waals surface area contributed by atoms with Crippen LogP contribution in [0.3, 0.4) is 0 Å². The van der Waals surface area contributed by atoms with Gasteiger partial charge in [-0.1, -0.05) is 12.1 Å². The molecule has 1 saturated carbocycles. The van der Waals surface area contributed by atoms with Crippen molar-refractivity contribution < 1.29 is 4.74 Å². The number of fused-ring (bicyclic) bond motifs is 2. The summed E-state index contributed by atoms with van der Waals surface area (Å²) in [5.74, 6) is 3.55. The van der Waals surface area contributed by atoms with E-state index in [4.69, 9.17) is 4.74 Å². The normalized spacial score (nSPS) is 24.1. The molecule has 0 spiro atoms. The molecular formula is C17H22N4O. The predicted octanol–water partition coefficient (Wildman–Crippen LogP) is 2.57. The summed E-state index contributed by atoms with van der Waals surface area (Å²) in [5.41, 5.74) is 0.963. The summed E-state index contributed by atoms with van der Waals surface area (Å²) < 4.78 is 7.43. The van der Waals surface area contributed by atoms with E-state index in [0.717, 1.165) is 41.6 Å². The second-order valence-corrected chi connectivity index (χ2v) is 6.42. The molecule has 5 nitrogen and oxygen atoms in total. The highest BCUT2D eigenvalue weighted by Gasteiger charge is 2.38. The third-order valence-electron chi connectivity index (χ3n) is 4.96. The van der Waals surface area contributed by atoms with Gasteiger partial charge in [0.2, 0.25) is 0 Å². The molecule has 0 unspecified atom stereocenters. The summed E-state index contributed by atoms with van der Waals surface area (Å²) in [6.07, 6.45) is 4.10. The number of ether oxygens (including phenoxy) is 1. The molecule has 5 heteroatoms. The lowest BCUT2D eigenvalue weighted by Gasteiger charge is -2.26. The van der Waals surface area contributed by atoms with Crippen LogP contribution in [0, 0.1) is 12.8 Å². The molecule has 2 heterocycles. The fraction of sp³-hybridized carbons (Fsp3) is 0.529. The van der Waals surface area contributed by atoms with E-state index in [2.05, 4.69) is 15.0 Å². The van der Waals surface area contributed by atoms with Crippen LogP contribution < -0.4 is 4.74 Å². The Bertz CT molecular complexity index is 681. The molecule has 0 radical (unpaired) electrons. The minimum Gasteiger partial charge on any atom is -0.494 e. The largest absolute Gasteiger partial charge is 0.494 e. The van der Waals surface area contributed by atoms with Crippen LogP contribution >= 0.6 is 0 Å². The van der Waals surface area contributed by atoms with E-state index < -0.39 is 0 Å². The molecule has 1 aliphatic heterocycles. The fourth-order valence-electron chi connectivity index (χ4n) is 3.96. The highest BCUT2D eigenvalue weighted by Crippen LogP contribution is 2.38. The first kappa shape index (κ1) is 13.8. The van der Waals surface area contributed by atoms with Crippen LogP contribution in [-0.4, -0.2) is 39.4 Å². The third kappa shape index (κ3) is 2.29. The van der Waals surface area contributed by atoms with Crippen LogP contribution in [0.25, 0.3) is 5.69 Å². The van der Waals surface area contributed by atoms with Crippen LogP contribution in [0.2, 0.25) is 0 Å². The van der Waals surface area contributed by atoms with Crippen molar-refractivity contribution in [3.8, 4) is 11.4 Å². The van der Waals surface area contributed by atoms with Gasteiger partial charge in [0.25, 0.3) is 0 Å². The van der Waals surface area contributed by atoms with Crippen molar-refractivity contribution in [1.82, 2.24) is 19.7 Å². The first-order valence-corrected chi connectivity index (χ1v) is 8.04. The number of methoxy groups -OCH3 is 1. The summed E-state index contributed by atoms with van der Waals surface area (Å²) in [6, 6.07) is 8.73. The van der Waals surface area contributed by atoms with E-state index in [1.807, 2.05) is 35.9 Å². The number of benzene rings is 1. The first-order chi connectivity index (χ1) is 10.7. The summed E-state index contributed by atoms with van der Waals surface area (Å²) in [5, 5.41) is 4.59. The lowest BCUT2D eigenvalue weighted by Crippen LogP contribution is -2.32. The molecule has 2 bridgehead atoms. The summed E-state index contributed by atoms with van der Waals surface area (Å²) in [4.78, 5) is 7.24. The topological polar surface area (TPSA) is 43.2 Å². The SMILES string of the molecule is COc1ccccc1-n1nc(C)nc1CN1C[C@H]2CC[C@H]1C2. The predicted molar refractivity (Wildman–Crippen MR) is 84.2 cm³/mol. The van der Waals surface area contributed by atoms with Crippen LogP contribution in [-0.2, 0) is 6.54 Å². The number of nitrogens with zero attached hydrogens (tertiary/aromatic N) is 4. The number of para-hydroxylation sites is 2. The molecule has 2 aliphatic rings. The lowest BCUT2D eigenvalue weighted by molar-refractivity contribution is 0.199. The average molecular weight is 298 g/mol. The van der Waals surface area contributed by atoms with Crippen LogP contribution in [0.4, 0.5) is 0 Å². The van der Waals surface area contributed by atoms with E-state index in [1.165, 1.54) is 25.8 Å². The molecule has 2 atom stereocenters. The number of rotatable bonds is 4. The molecule has 22 heavy (non-hydrogen) atoms. The fourth-order valence-corrected chi connectivity index (χ4v) is 3.96. The molecule has 0 N–H and O–H groups in total. The highest BCUT2D eigenvalue weighted by atomic mass is 16.5. The van der Waals surface area contributed by atoms with Gasteiger partial charge in [0, 0.05) is 12.6 Å². The smallest absolute Gasteiger partial charge is 0.148 e. The quantitative estimate of drug-likeness (QED) is 0.870. The zero-order chi connectivity index (χ0) is 15.1. The minimum atomic E-state index is 0.744. The molecule has 1 aromatic heterocycles. The lowest BCUT2D eigenvalue weighted by atomic mass is 10.1. The summed E-state index contributed by atoms with van der Waals surface area (Å²) in [7, 11) is 1.70. The molecule has 1 aliphatic carbocycles. The zero-order valence-corrected chi connectivity index (χ0v) is 13.2. The van der Waals surface area contributed by atoms with Crippen molar-refractivity contribution in [2.24, 2.45) is 5.92 Å². The molecule has 1 aromatic carbocycles. The van der Waals surface area contributed by atoms with E-state index in [-0.39, 0.29) is 0 Å². The number of hydrogen-bond donors (Lipinski definition) is 0. The Labute approximate surface area is 130 Å². The zero-order valence-electron chi connectivity index (χ0n) is 13.2. The maximum Gasteiger partial charge on any atom is 0.148 e. The Kier molecular flexibility index (Phi) is 3.37. The molecule has 2 fully saturated rings. The Morgan fingerprint density at radius 2 is 2.14 bits per heavy atom. The molecule has 1 saturated heterocycles. The van der Waals surface area contributed by atoms with Gasteiger partial charge < -0.3 is 4.74 Å². The van der Waals surface area contributed by atoms with E-state index in [0.29, 0.717) is 0 Å². The van der Waals surface area contributed by atoms with Gasteiger partial charge in [-0.25, -0.2) is 9.67 Å². The minimum absolute atomic E-state index is 0.744. The number of likely N-dealkylation sites (tertiary alicyclic amines) is 1. The maximum atomic E-state index is 5.48. The molecule has 116 valence electrons. The van der Waals surface area contributed by atoms with Crippen molar-refractivity contribution in [1.29, 1.82) is 0 Å². The van der Waals surface area contributed by atoms with Gasteiger partial charge in [-0.15, -0.1) is 0 Å². The van der Waals surface area contributed by atoms with Crippen molar-refractivity contribution >= 4 is 0 Å². The van der Waals surface area contributed by atoms with Crippen molar-refractivity contribution in [2.75, 3.05) is 13.7 Å². The Balaban J connectivity index is 1.66. The summed E-state index contributed by atoms with van der Waals surface area (Å²) >= 11 is 0. The Hall–Kier alpha value is -1.88. The van der Waals surface area contributed by atoms with Gasteiger partial charge in [-0.05, 0) is 44.2 Å². The van der Waals surface area contributed by atoms with E-state index >= 15 is 0 Å². The molecule has 2 aromatic rings. The average Bonchev–Trinajstić information content (AvgIpc) is 3.23.